The Morgan fingerprint density at radius 3 is 2.85 bits per heavy atom. The van der Waals surface area contributed by atoms with Crippen molar-refractivity contribution >= 4 is 34.1 Å². The summed E-state index contributed by atoms with van der Waals surface area (Å²) in [6.07, 6.45) is 0. The second-order valence-electron chi connectivity index (χ2n) is 2.57. The lowest BCUT2D eigenvalue weighted by molar-refractivity contribution is 0.658. The summed E-state index contributed by atoms with van der Waals surface area (Å²) in [5, 5.41) is 9.26. The topological polar surface area (TPSA) is 23.8 Å². The maximum absolute atomic E-state index is 12.8. The molecule has 13 heavy (non-hydrogen) atoms. The zero-order chi connectivity index (χ0) is 9.42. The molecule has 0 aliphatic rings. The van der Waals surface area contributed by atoms with Gasteiger partial charge in [-0.25, -0.2) is 0 Å². The van der Waals surface area contributed by atoms with Crippen LogP contribution in [0.3, 0.4) is 0 Å². The van der Waals surface area contributed by atoms with Crippen molar-refractivity contribution in [3.05, 3.63) is 28.9 Å². The van der Waals surface area contributed by atoms with Crippen LogP contribution in [-0.4, -0.2) is 0 Å². The van der Waals surface area contributed by atoms with Crippen LogP contribution in [0.1, 0.15) is 5.56 Å². The third-order valence-electron chi connectivity index (χ3n) is 1.73. The van der Waals surface area contributed by atoms with Crippen LogP contribution in [0.25, 0.3) is 10.1 Å². The molecule has 0 bridgehead atoms. The Bertz CT molecular complexity index is 510. The van der Waals surface area contributed by atoms with Crippen LogP contribution in [0.5, 0.6) is 0 Å². The van der Waals surface area contributed by atoms with Crippen LogP contribution >= 0.6 is 24.0 Å². The van der Waals surface area contributed by atoms with E-state index < -0.39 is 0 Å². The minimum atomic E-state index is -0.238. The summed E-state index contributed by atoms with van der Waals surface area (Å²) < 4.78 is 13.6. The number of hydrogen-bond acceptors (Lipinski definition) is 3. The van der Waals surface area contributed by atoms with E-state index in [-0.39, 0.29) is 5.13 Å². The molecule has 1 heterocycles. The van der Waals surface area contributed by atoms with Crippen LogP contribution in [0.15, 0.2) is 23.1 Å². The van der Waals surface area contributed by atoms with E-state index in [2.05, 4.69) is 12.6 Å². The average Bonchev–Trinajstić information content (AvgIpc) is 2.42. The fourth-order valence-electron chi connectivity index (χ4n) is 1.13. The maximum Gasteiger partial charge on any atom is 0.177 e. The number of rotatable bonds is 0. The second kappa shape index (κ2) is 3.02. The van der Waals surface area contributed by atoms with Crippen LogP contribution < -0.4 is 0 Å². The van der Waals surface area contributed by atoms with Crippen LogP contribution in [0, 0.1) is 16.5 Å². The summed E-state index contributed by atoms with van der Waals surface area (Å²) >= 11 is 5.16. The molecule has 4 heteroatoms. The number of nitrogens with zero attached hydrogens (tertiary/aromatic N) is 1. The molecule has 0 atom stereocenters. The summed E-state index contributed by atoms with van der Waals surface area (Å²) in [6.45, 7) is 0. The van der Waals surface area contributed by atoms with Crippen molar-refractivity contribution in [2.24, 2.45) is 0 Å². The molecule has 0 N–H and O–H groups in total. The molecule has 1 aromatic carbocycles. The van der Waals surface area contributed by atoms with E-state index in [0.29, 0.717) is 10.5 Å². The average molecular weight is 209 g/mol. The molecule has 0 saturated carbocycles. The van der Waals surface area contributed by atoms with Gasteiger partial charge in [-0.2, -0.15) is 9.65 Å². The van der Waals surface area contributed by atoms with Gasteiger partial charge >= 0.3 is 0 Å². The van der Waals surface area contributed by atoms with Crippen molar-refractivity contribution < 1.29 is 4.39 Å². The zero-order valence-corrected chi connectivity index (χ0v) is 8.12. The fourth-order valence-corrected chi connectivity index (χ4v) is 2.19. The molecule has 1 aromatic heterocycles. The molecule has 64 valence electrons. The molecule has 0 aliphatic heterocycles. The van der Waals surface area contributed by atoms with Crippen molar-refractivity contribution in [1.29, 1.82) is 5.26 Å². The van der Waals surface area contributed by atoms with Gasteiger partial charge in [0.25, 0.3) is 0 Å². The molecule has 0 saturated heterocycles. The second-order valence-corrected chi connectivity index (χ2v) is 4.09. The molecule has 0 amide bonds. The van der Waals surface area contributed by atoms with E-state index in [4.69, 9.17) is 5.26 Å². The Labute approximate surface area is 83.8 Å². The van der Waals surface area contributed by atoms with Gasteiger partial charge in [0.1, 0.15) is 6.07 Å². The first kappa shape index (κ1) is 8.54. The number of halogens is 1. The first-order valence-corrected chi connectivity index (χ1v) is 4.79. The van der Waals surface area contributed by atoms with E-state index in [0.717, 1.165) is 21.4 Å². The van der Waals surface area contributed by atoms with Gasteiger partial charge in [0.2, 0.25) is 0 Å². The van der Waals surface area contributed by atoms with Gasteiger partial charge in [-0.1, -0.05) is 0 Å². The van der Waals surface area contributed by atoms with E-state index in [1.54, 1.807) is 12.1 Å². The highest BCUT2D eigenvalue weighted by atomic mass is 32.1. The predicted molar refractivity (Wildman–Crippen MR) is 53.8 cm³/mol. The largest absolute Gasteiger partial charge is 0.195 e. The van der Waals surface area contributed by atoms with E-state index in [9.17, 15) is 4.39 Å². The summed E-state index contributed by atoms with van der Waals surface area (Å²) in [5.41, 5.74) is 0.484. The third-order valence-corrected chi connectivity index (χ3v) is 2.98. The Hall–Kier alpha value is -1.05. The van der Waals surface area contributed by atoms with Gasteiger partial charge in [0.15, 0.2) is 5.13 Å². The minimum absolute atomic E-state index is 0.238. The molecular weight excluding hydrogens is 205 g/mol. The molecule has 1 nitrogen and oxygen atoms in total. The lowest BCUT2D eigenvalue weighted by Crippen LogP contribution is -1.75. The van der Waals surface area contributed by atoms with Gasteiger partial charge in [0, 0.05) is 9.60 Å². The van der Waals surface area contributed by atoms with E-state index in [1.165, 1.54) is 6.07 Å². The van der Waals surface area contributed by atoms with Crippen molar-refractivity contribution in [3.63, 3.8) is 0 Å². The molecule has 0 fully saturated rings. The smallest absolute Gasteiger partial charge is 0.177 e. The minimum Gasteiger partial charge on any atom is -0.195 e. The monoisotopic (exact) mass is 209 g/mol. The normalized spacial score (nSPS) is 10.2. The SMILES string of the molecule is N#Cc1cc2sc(F)cc2cc1S. The standard InChI is InChI=1S/C9H4FNS2/c10-9-3-5-1-7(12)6(4-11)2-8(5)13-9/h1-3,12H. The quantitative estimate of drug-likeness (QED) is 0.662. The molecule has 0 radical (unpaired) electrons. The molecule has 0 spiro atoms. The number of benzene rings is 1. The van der Waals surface area contributed by atoms with E-state index >= 15 is 0 Å². The van der Waals surface area contributed by atoms with Crippen molar-refractivity contribution in [2.45, 2.75) is 4.90 Å². The molecule has 0 aliphatic carbocycles. The van der Waals surface area contributed by atoms with Crippen LogP contribution in [0.2, 0.25) is 0 Å². The summed E-state index contributed by atoms with van der Waals surface area (Å²) in [4.78, 5) is 0.591. The first-order chi connectivity index (χ1) is 6.20. The highest BCUT2D eigenvalue weighted by Crippen LogP contribution is 2.28. The Morgan fingerprint density at radius 2 is 2.15 bits per heavy atom. The molecule has 2 aromatic rings. The number of thiophene rings is 1. The van der Waals surface area contributed by atoms with Gasteiger partial charge in [-0.15, -0.1) is 24.0 Å². The number of thiol groups is 1. The number of fused-ring (bicyclic) bond motifs is 1. The summed E-state index contributed by atoms with van der Waals surface area (Å²) in [6, 6.07) is 6.81. The Kier molecular flexibility index (Phi) is 1.98. The van der Waals surface area contributed by atoms with Crippen molar-refractivity contribution in [3.8, 4) is 6.07 Å². The third kappa shape index (κ3) is 1.41. The maximum atomic E-state index is 12.8. The summed E-state index contributed by atoms with van der Waals surface area (Å²) in [5.74, 6) is 0. The fraction of sp³-hybridized carbons (Fsp3) is 0. The van der Waals surface area contributed by atoms with Crippen LogP contribution in [0.4, 0.5) is 4.39 Å². The van der Waals surface area contributed by atoms with Gasteiger partial charge < -0.3 is 0 Å². The Balaban J connectivity index is 2.82. The number of nitriles is 1. The molecule has 0 unspecified atom stereocenters. The number of hydrogen-bond donors (Lipinski definition) is 1. The lowest BCUT2D eigenvalue weighted by atomic mass is 10.2. The van der Waals surface area contributed by atoms with Crippen LogP contribution in [-0.2, 0) is 0 Å². The van der Waals surface area contributed by atoms with Crippen molar-refractivity contribution in [2.75, 3.05) is 0 Å². The van der Waals surface area contributed by atoms with Gasteiger partial charge in [-0.05, 0) is 23.6 Å². The molecular formula is C9H4FNS2. The van der Waals surface area contributed by atoms with Gasteiger partial charge in [0.05, 0.1) is 5.56 Å². The van der Waals surface area contributed by atoms with Gasteiger partial charge in [-0.3, -0.25) is 0 Å². The predicted octanol–water partition coefficient (Wildman–Crippen LogP) is 3.20. The Morgan fingerprint density at radius 1 is 1.38 bits per heavy atom. The van der Waals surface area contributed by atoms with Crippen molar-refractivity contribution in [1.82, 2.24) is 0 Å². The highest BCUT2D eigenvalue weighted by Gasteiger charge is 2.05. The summed E-state index contributed by atoms with van der Waals surface area (Å²) in [7, 11) is 0. The zero-order valence-electron chi connectivity index (χ0n) is 6.41. The van der Waals surface area contributed by atoms with E-state index in [1.807, 2.05) is 6.07 Å². The molecule has 2 rings (SSSR count). The highest BCUT2D eigenvalue weighted by molar-refractivity contribution is 7.80. The first-order valence-electron chi connectivity index (χ1n) is 3.53. The lowest BCUT2D eigenvalue weighted by Gasteiger charge is -1.94.